The Kier molecular flexibility index (Phi) is 6.60. The first-order valence-electron chi connectivity index (χ1n) is 7.43. The second kappa shape index (κ2) is 8.68. The Morgan fingerprint density at radius 1 is 1.12 bits per heavy atom. The number of rotatable bonds is 6. The van der Waals surface area contributed by atoms with Crippen LogP contribution in [0, 0.1) is 10.5 Å². The van der Waals surface area contributed by atoms with Crippen LogP contribution in [0.5, 0.6) is 5.75 Å². The van der Waals surface area contributed by atoms with Gasteiger partial charge in [0.05, 0.1) is 10.1 Å². The molecule has 0 aliphatic rings. The zero-order chi connectivity index (χ0) is 17.5. The Bertz CT molecular complexity index is 716. The Balaban J connectivity index is 1.81. The number of carbonyl (C=O) groups is 2. The van der Waals surface area contributed by atoms with E-state index in [2.05, 4.69) is 27.9 Å². The maximum Gasteiger partial charge on any atom is 0.260 e. The van der Waals surface area contributed by atoms with E-state index in [0.29, 0.717) is 11.4 Å². The van der Waals surface area contributed by atoms with Gasteiger partial charge in [-0.25, -0.2) is 0 Å². The van der Waals surface area contributed by atoms with E-state index < -0.39 is 0 Å². The molecule has 1 N–H and O–H groups in total. The summed E-state index contributed by atoms with van der Waals surface area (Å²) in [4.78, 5) is 25.4. The van der Waals surface area contributed by atoms with Crippen molar-refractivity contribution in [1.29, 1.82) is 0 Å². The molecule has 0 aliphatic heterocycles. The van der Waals surface area contributed by atoms with Gasteiger partial charge in [0.1, 0.15) is 5.75 Å². The van der Waals surface area contributed by atoms with Crippen molar-refractivity contribution in [3.63, 3.8) is 0 Å². The third kappa shape index (κ3) is 5.52. The van der Waals surface area contributed by atoms with Crippen LogP contribution in [-0.4, -0.2) is 36.9 Å². The highest BCUT2D eigenvalue weighted by atomic mass is 127. The second-order valence-electron chi connectivity index (χ2n) is 5.38. The molecule has 5 nitrogen and oxygen atoms in total. The van der Waals surface area contributed by atoms with Crippen molar-refractivity contribution < 1.29 is 14.3 Å². The van der Waals surface area contributed by atoms with E-state index in [9.17, 15) is 9.59 Å². The molecule has 2 rings (SSSR count). The first-order chi connectivity index (χ1) is 11.5. The first-order valence-corrected chi connectivity index (χ1v) is 8.51. The Morgan fingerprint density at radius 2 is 1.79 bits per heavy atom. The van der Waals surface area contributed by atoms with Gasteiger partial charge in [0.15, 0.2) is 6.61 Å². The van der Waals surface area contributed by atoms with Crippen LogP contribution in [0.3, 0.4) is 0 Å². The Hall–Kier alpha value is -2.09. The van der Waals surface area contributed by atoms with Crippen molar-refractivity contribution in [3.8, 4) is 5.75 Å². The van der Waals surface area contributed by atoms with Gasteiger partial charge < -0.3 is 15.0 Å². The minimum atomic E-state index is -0.256. The molecule has 0 saturated carbocycles. The average molecular weight is 438 g/mol. The predicted molar refractivity (Wildman–Crippen MR) is 102 cm³/mol. The normalized spacial score (nSPS) is 10.1. The number of aryl methyl sites for hydroxylation is 1. The molecule has 0 radical (unpaired) electrons. The first kappa shape index (κ1) is 18.3. The molecule has 24 heavy (non-hydrogen) atoms. The van der Waals surface area contributed by atoms with Crippen LogP contribution in [-0.2, 0) is 9.59 Å². The molecule has 2 amide bonds. The van der Waals surface area contributed by atoms with Crippen molar-refractivity contribution in [1.82, 2.24) is 4.90 Å². The monoisotopic (exact) mass is 438 g/mol. The van der Waals surface area contributed by atoms with Crippen LogP contribution >= 0.6 is 22.6 Å². The highest BCUT2D eigenvalue weighted by Crippen LogP contribution is 2.19. The van der Waals surface area contributed by atoms with Gasteiger partial charge in [0.2, 0.25) is 5.91 Å². The van der Waals surface area contributed by atoms with E-state index in [1.54, 1.807) is 13.1 Å². The fourth-order valence-corrected chi connectivity index (χ4v) is 2.50. The number of halogens is 1. The molecule has 126 valence electrons. The lowest BCUT2D eigenvalue weighted by Crippen LogP contribution is -2.37. The summed E-state index contributed by atoms with van der Waals surface area (Å²) in [5.41, 5.74) is 1.83. The van der Waals surface area contributed by atoms with Gasteiger partial charge >= 0.3 is 0 Å². The maximum atomic E-state index is 12.1. The zero-order valence-electron chi connectivity index (χ0n) is 13.6. The van der Waals surface area contributed by atoms with Crippen molar-refractivity contribution in [2.24, 2.45) is 0 Å². The highest BCUT2D eigenvalue weighted by Gasteiger charge is 2.14. The topological polar surface area (TPSA) is 58.6 Å². The van der Waals surface area contributed by atoms with Gasteiger partial charge in [0, 0.05) is 12.7 Å². The number of likely N-dealkylation sites (N-methyl/N-ethyl adjacent to an activating group) is 1. The number of benzene rings is 2. The predicted octanol–water partition coefficient (Wildman–Crippen LogP) is 3.08. The van der Waals surface area contributed by atoms with E-state index in [-0.39, 0.29) is 25.0 Å². The van der Waals surface area contributed by atoms with Crippen molar-refractivity contribution in [2.45, 2.75) is 6.92 Å². The van der Waals surface area contributed by atoms with Crippen molar-refractivity contribution >= 4 is 40.1 Å². The van der Waals surface area contributed by atoms with Crippen molar-refractivity contribution in [2.75, 3.05) is 25.5 Å². The van der Waals surface area contributed by atoms with Gasteiger partial charge in [-0.05, 0) is 53.8 Å². The number of nitrogens with one attached hydrogen (secondary N) is 1. The van der Waals surface area contributed by atoms with E-state index in [1.807, 2.05) is 49.4 Å². The molecule has 0 bridgehead atoms. The van der Waals surface area contributed by atoms with Gasteiger partial charge in [0.25, 0.3) is 5.91 Å². The number of ether oxygens (including phenoxy) is 1. The molecule has 0 aliphatic carbocycles. The van der Waals surface area contributed by atoms with E-state index in [4.69, 9.17) is 4.74 Å². The molecular formula is C18H19IN2O3. The molecule has 0 atom stereocenters. The van der Waals surface area contributed by atoms with Gasteiger partial charge in [-0.15, -0.1) is 0 Å². The van der Waals surface area contributed by atoms with Crippen molar-refractivity contribution in [3.05, 3.63) is 57.7 Å². The SMILES string of the molecule is Cc1ccc(NC(=O)CN(C)C(=O)COc2ccccc2I)cc1. The summed E-state index contributed by atoms with van der Waals surface area (Å²) < 4.78 is 6.44. The third-order valence-corrected chi connectivity index (χ3v) is 4.22. The molecule has 0 saturated heterocycles. The number of para-hydroxylation sites is 1. The molecule has 2 aromatic carbocycles. The van der Waals surface area contributed by atoms with Crippen LogP contribution in [0.4, 0.5) is 5.69 Å². The summed E-state index contributed by atoms with van der Waals surface area (Å²) in [6.45, 7) is 1.85. The summed E-state index contributed by atoms with van der Waals surface area (Å²) in [7, 11) is 1.58. The third-order valence-electron chi connectivity index (χ3n) is 3.33. The minimum absolute atomic E-state index is 0.0258. The summed E-state index contributed by atoms with van der Waals surface area (Å²) in [6.07, 6.45) is 0. The minimum Gasteiger partial charge on any atom is -0.483 e. The maximum absolute atomic E-state index is 12.1. The van der Waals surface area contributed by atoms with Gasteiger partial charge in [-0.2, -0.15) is 0 Å². The van der Waals surface area contributed by atoms with E-state index in [1.165, 1.54) is 4.90 Å². The molecule has 6 heteroatoms. The number of anilines is 1. The molecular weight excluding hydrogens is 419 g/mol. The molecule has 0 spiro atoms. The number of amides is 2. The number of hydrogen-bond acceptors (Lipinski definition) is 3. The fourth-order valence-electron chi connectivity index (χ4n) is 1.95. The second-order valence-corrected chi connectivity index (χ2v) is 6.55. The standard InChI is InChI=1S/C18H19IN2O3/c1-13-7-9-14(10-8-13)20-17(22)11-21(2)18(23)12-24-16-6-4-3-5-15(16)19/h3-10H,11-12H2,1-2H3,(H,20,22). The molecule has 0 unspecified atom stereocenters. The molecule has 0 fully saturated rings. The van der Waals surface area contributed by atoms with Crippen LogP contribution in [0.25, 0.3) is 0 Å². The Labute approximate surface area is 155 Å². The van der Waals surface area contributed by atoms with Crippen LogP contribution in [0.15, 0.2) is 48.5 Å². The van der Waals surface area contributed by atoms with Crippen LogP contribution in [0.1, 0.15) is 5.56 Å². The largest absolute Gasteiger partial charge is 0.483 e. The quantitative estimate of drug-likeness (QED) is 0.706. The Morgan fingerprint density at radius 3 is 2.46 bits per heavy atom. The van der Waals surface area contributed by atoms with Crippen LogP contribution < -0.4 is 10.1 Å². The molecule has 2 aromatic rings. The van der Waals surface area contributed by atoms with E-state index >= 15 is 0 Å². The molecule has 0 heterocycles. The summed E-state index contributed by atoms with van der Waals surface area (Å²) >= 11 is 2.15. The highest BCUT2D eigenvalue weighted by molar-refractivity contribution is 14.1. The summed E-state index contributed by atoms with van der Waals surface area (Å²) in [6, 6.07) is 14.9. The number of hydrogen-bond donors (Lipinski definition) is 1. The average Bonchev–Trinajstić information content (AvgIpc) is 2.56. The number of nitrogens with zero attached hydrogens (tertiary/aromatic N) is 1. The smallest absolute Gasteiger partial charge is 0.260 e. The van der Waals surface area contributed by atoms with Crippen LogP contribution in [0.2, 0.25) is 0 Å². The van der Waals surface area contributed by atoms with Gasteiger partial charge in [-0.1, -0.05) is 29.8 Å². The van der Waals surface area contributed by atoms with E-state index in [0.717, 1.165) is 9.13 Å². The molecule has 0 aromatic heterocycles. The lowest BCUT2D eigenvalue weighted by atomic mass is 10.2. The summed E-state index contributed by atoms with van der Waals surface area (Å²) in [5.74, 6) is 0.154. The number of carbonyl (C=O) groups excluding carboxylic acids is 2. The van der Waals surface area contributed by atoms with Gasteiger partial charge in [-0.3, -0.25) is 9.59 Å². The lowest BCUT2D eigenvalue weighted by molar-refractivity contribution is -0.135. The zero-order valence-corrected chi connectivity index (χ0v) is 15.7. The lowest BCUT2D eigenvalue weighted by Gasteiger charge is -2.17. The summed E-state index contributed by atoms with van der Waals surface area (Å²) in [5, 5.41) is 2.76. The fraction of sp³-hybridized carbons (Fsp3) is 0.222.